The number of hydrogen-bond acceptors (Lipinski definition) is 6. The Labute approximate surface area is 154 Å². The van der Waals surface area contributed by atoms with Crippen molar-refractivity contribution >= 4 is 11.6 Å². The molecule has 26 heavy (non-hydrogen) atoms. The summed E-state index contributed by atoms with van der Waals surface area (Å²) in [6.07, 6.45) is 5.28. The zero-order valence-corrected chi connectivity index (χ0v) is 15.2. The van der Waals surface area contributed by atoms with Gasteiger partial charge in [-0.05, 0) is 24.3 Å². The van der Waals surface area contributed by atoms with Gasteiger partial charge in [-0.1, -0.05) is 5.92 Å². The third-order valence-corrected chi connectivity index (χ3v) is 3.12. The van der Waals surface area contributed by atoms with Crippen molar-refractivity contribution in [2.24, 2.45) is 0 Å². The highest BCUT2D eigenvalue weighted by Crippen LogP contribution is 2.08. The molecule has 0 aromatic heterocycles. The van der Waals surface area contributed by atoms with Crippen LogP contribution in [-0.4, -0.2) is 72.5 Å². The van der Waals surface area contributed by atoms with Crippen LogP contribution >= 0.6 is 0 Å². The molecule has 1 amide bonds. The molecule has 0 fully saturated rings. The molecule has 0 aliphatic carbocycles. The summed E-state index contributed by atoms with van der Waals surface area (Å²) in [6, 6.07) is 7.02. The normalized spacial score (nSPS) is 10.5. The summed E-state index contributed by atoms with van der Waals surface area (Å²) in [5.41, 5.74) is 1.44. The first-order valence-corrected chi connectivity index (χ1v) is 8.42. The van der Waals surface area contributed by atoms with Gasteiger partial charge in [0.1, 0.15) is 6.61 Å². The Balaban J connectivity index is 1.89. The Morgan fingerprint density at radius 1 is 0.885 bits per heavy atom. The molecule has 0 atom stereocenters. The second kappa shape index (κ2) is 15.3. The van der Waals surface area contributed by atoms with Gasteiger partial charge in [-0.3, -0.25) is 4.79 Å². The molecule has 7 heteroatoms. The van der Waals surface area contributed by atoms with E-state index < -0.39 is 0 Å². The van der Waals surface area contributed by atoms with Crippen LogP contribution in [0.5, 0.6) is 0 Å². The lowest BCUT2D eigenvalue weighted by Crippen LogP contribution is -2.20. The summed E-state index contributed by atoms with van der Waals surface area (Å²) >= 11 is 0. The summed E-state index contributed by atoms with van der Waals surface area (Å²) in [5.74, 6) is 2.29. The molecule has 1 N–H and O–H groups in total. The molecule has 0 spiro atoms. The first-order valence-electron chi connectivity index (χ1n) is 8.42. The number of benzene rings is 1. The number of methoxy groups -OCH3 is 1. The van der Waals surface area contributed by atoms with Crippen LogP contribution in [0.3, 0.4) is 0 Å². The van der Waals surface area contributed by atoms with Crippen LogP contribution in [0.15, 0.2) is 24.3 Å². The first-order chi connectivity index (χ1) is 12.8. The van der Waals surface area contributed by atoms with Crippen LogP contribution in [0.4, 0.5) is 5.69 Å². The molecule has 0 unspecified atom stereocenters. The maximum absolute atomic E-state index is 11.7. The fourth-order valence-corrected chi connectivity index (χ4v) is 1.81. The Kier molecular flexibility index (Phi) is 13.0. The van der Waals surface area contributed by atoms with Crippen molar-refractivity contribution in [1.82, 2.24) is 0 Å². The summed E-state index contributed by atoms with van der Waals surface area (Å²) in [7, 11) is 1.63. The van der Waals surface area contributed by atoms with Crippen LogP contribution in [-0.2, 0) is 28.5 Å². The van der Waals surface area contributed by atoms with Crippen LogP contribution in [0.2, 0.25) is 0 Å². The first kappa shape index (κ1) is 22.1. The minimum absolute atomic E-state index is 0.0322. The van der Waals surface area contributed by atoms with Gasteiger partial charge in [0.15, 0.2) is 0 Å². The molecule has 0 bridgehead atoms. The van der Waals surface area contributed by atoms with Crippen LogP contribution < -0.4 is 5.32 Å². The monoisotopic (exact) mass is 365 g/mol. The minimum atomic E-state index is -0.227. The Morgan fingerprint density at radius 3 is 1.88 bits per heavy atom. The second-order valence-electron chi connectivity index (χ2n) is 5.15. The van der Waals surface area contributed by atoms with E-state index in [4.69, 9.17) is 30.1 Å². The van der Waals surface area contributed by atoms with E-state index in [1.165, 1.54) is 0 Å². The van der Waals surface area contributed by atoms with Gasteiger partial charge >= 0.3 is 0 Å². The Bertz CT molecular complexity index is 526. The third-order valence-electron chi connectivity index (χ3n) is 3.12. The molecule has 1 aromatic rings. The van der Waals surface area contributed by atoms with Crippen molar-refractivity contribution < 1.29 is 28.5 Å². The Hall–Kier alpha value is -1.95. The zero-order chi connectivity index (χ0) is 18.9. The van der Waals surface area contributed by atoms with Crippen LogP contribution in [0.25, 0.3) is 0 Å². The number of amides is 1. The molecule has 0 aliphatic heterocycles. The van der Waals surface area contributed by atoms with Crippen molar-refractivity contribution in [1.29, 1.82) is 0 Å². The minimum Gasteiger partial charge on any atom is -0.382 e. The number of nitrogens with one attached hydrogen (secondary N) is 1. The largest absolute Gasteiger partial charge is 0.382 e. The standard InChI is InChI=1S/C19H27NO6/c1-3-17-4-6-18(7-5-17)20-19(21)16-26-15-14-25-13-12-24-11-10-23-9-8-22-2/h1,4-7H,8-16H2,2H3,(H,20,21). The number of rotatable bonds is 15. The van der Waals surface area contributed by atoms with E-state index in [0.29, 0.717) is 58.5 Å². The van der Waals surface area contributed by atoms with Crippen molar-refractivity contribution in [3.05, 3.63) is 29.8 Å². The fraction of sp³-hybridized carbons (Fsp3) is 0.526. The maximum atomic E-state index is 11.7. The number of carbonyl (C=O) groups excluding carboxylic acids is 1. The lowest BCUT2D eigenvalue weighted by molar-refractivity contribution is -0.121. The number of hydrogen-bond donors (Lipinski definition) is 1. The molecule has 0 aliphatic rings. The highest BCUT2D eigenvalue weighted by molar-refractivity contribution is 5.91. The van der Waals surface area contributed by atoms with Gasteiger partial charge in [0.05, 0.1) is 52.9 Å². The zero-order valence-electron chi connectivity index (χ0n) is 15.2. The maximum Gasteiger partial charge on any atom is 0.250 e. The van der Waals surface area contributed by atoms with Gasteiger partial charge in [-0.2, -0.15) is 0 Å². The average molecular weight is 365 g/mol. The molecule has 0 saturated heterocycles. The molecular weight excluding hydrogens is 338 g/mol. The molecule has 0 heterocycles. The van der Waals surface area contributed by atoms with E-state index in [2.05, 4.69) is 11.2 Å². The van der Waals surface area contributed by atoms with E-state index in [1.54, 1.807) is 31.4 Å². The SMILES string of the molecule is C#Cc1ccc(NC(=O)COCCOCCOCCOCCOC)cc1. The molecule has 7 nitrogen and oxygen atoms in total. The van der Waals surface area contributed by atoms with Gasteiger partial charge in [-0.15, -0.1) is 6.42 Å². The predicted molar refractivity (Wildman–Crippen MR) is 98.2 cm³/mol. The number of ether oxygens (including phenoxy) is 5. The molecule has 144 valence electrons. The quantitative estimate of drug-likeness (QED) is 0.373. The molecule has 1 aromatic carbocycles. The average Bonchev–Trinajstić information content (AvgIpc) is 2.66. The van der Waals surface area contributed by atoms with E-state index in [0.717, 1.165) is 5.56 Å². The van der Waals surface area contributed by atoms with E-state index in [-0.39, 0.29) is 12.5 Å². The fourth-order valence-electron chi connectivity index (χ4n) is 1.81. The third kappa shape index (κ3) is 11.6. The summed E-state index contributed by atoms with van der Waals surface area (Å²) in [5, 5.41) is 2.72. The summed E-state index contributed by atoms with van der Waals surface area (Å²) < 4.78 is 26.0. The Morgan fingerprint density at radius 2 is 1.38 bits per heavy atom. The predicted octanol–water partition coefficient (Wildman–Crippen LogP) is 1.32. The number of carbonyl (C=O) groups is 1. The molecule has 0 radical (unpaired) electrons. The van der Waals surface area contributed by atoms with Crippen molar-refractivity contribution in [2.75, 3.05) is 71.9 Å². The molecule has 0 saturated carbocycles. The van der Waals surface area contributed by atoms with Gasteiger partial charge in [0.2, 0.25) is 5.91 Å². The lowest BCUT2D eigenvalue weighted by atomic mass is 10.2. The van der Waals surface area contributed by atoms with Gasteiger partial charge < -0.3 is 29.0 Å². The topological polar surface area (TPSA) is 75.3 Å². The van der Waals surface area contributed by atoms with E-state index in [9.17, 15) is 4.79 Å². The van der Waals surface area contributed by atoms with Crippen molar-refractivity contribution in [2.45, 2.75) is 0 Å². The highest BCUT2D eigenvalue weighted by atomic mass is 16.6. The summed E-state index contributed by atoms with van der Waals surface area (Å²) in [6.45, 7) is 3.86. The highest BCUT2D eigenvalue weighted by Gasteiger charge is 2.02. The van der Waals surface area contributed by atoms with Gasteiger partial charge in [0.25, 0.3) is 0 Å². The summed E-state index contributed by atoms with van der Waals surface area (Å²) in [4.78, 5) is 11.7. The van der Waals surface area contributed by atoms with Gasteiger partial charge in [-0.25, -0.2) is 0 Å². The smallest absolute Gasteiger partial charge is 0.250 e. The van der Waals surface area contributed by atoms with Crippen LogP contribution in [0.1, 0.15) is 5.56 Å². The number of anilines is 1. The second-order valence-corrected chi connectivity index (χ2v) is 5.15. The van der Waals surface area contributed by atoms with Crippen LogP contribution in [0, 0.1) is 12.3 Å². The van der Waals surface area contributed by atoms with Gasteiger partial charge in [0, 0.05) is 18.4 Å². The van der Waals surface area contributed by atoms with Crippen molar-refractivity contribution in [3.63, 3.8) is 0 Å². The molecular formula is C19H27NO6. The van der Waals surface area contributed by atoms with Crippen molar-refractivity contribution in [3.8, 4) is 12.3 Å². The van der Waals surface area contributed by atoms with E-state index >= 15 is 0 Å². The van der Waals surface area contributed by atoms with E-state index in [1.807, 2.05) is 0 Å². The number of terminal acetylenes is 1. The molecule has 1 rings (SSSR count). The lowest BCUT2D eigenvalue weighted by Gasteiger charge is -2.08.